The van der Waals surface area contributed by atoms with Crippen molar-refractivity contribution in [3.63, 3.8) is 0 Å². The molecule has 0 bridgehead atoms. The summed E-state index contributed by atoms with van der Waals surface area (Å²) in [5.41, 5.74) is 9.09. The first kappa shape index (κ1) is 22.6. The van der Waals surface area contributed by atoms with Gasteiger partial charge in [-0.3, -0.25) is 19.8 Å². The molecule has 3 N–H and O–H groups in total. The average Bonchev–Trinajstić information content (AvgIpc) is 3.26. The third-order valence-corrected chi connectivity index (χ3v) is 5.03. The zero-order valence-corrected chi connectivity index (χ0v) is 18.2. The molecular weight excluding hydrogens is 449 g/mol. The van der Waals surface area contributed by atoms with E-state index in [9.17, 15) is 9.46 Å². The number of hydrogen-bond donors (Lipinski definition) is 2. The molecular formula is C21H20N5O6P. The lowest BCUT2D eigenvalue weighted by Gasteiger charge is -2.14. The van der Waals surface area contributed by atoms with Gasteiger partial charge in [-0.05, 0) is 23.8 Å². The minimum atomic E-state index is -4.88. The number of anilines is 1. The van der Waals surface area contributed by atoms with E-state index in [1.54, 1.807) is 42.9 Å². The van der Waals surface area contributed by atoms with Gasteiger partial charge in [0, 0.05) is 42.7 Å². The third kappa shape index (κ3) is 6.21. The summed E-state index contributed by atoms with van der Waals surface area (Å²) in [6.45, 7) is -0.0974. The number of pyridine rings is 3. The van der Waals surface area contributed by atoms with Gasteiger partial charge in [-0.25, -0.2) is 9.55 Å². The summed E-state index contributed by atoms with van der Waals surface area (Å²) in [6.07, 6.45) is 7.12. The molecule has 0 aliphatic carbocycles. The van der Waals surface area contributed by atoms with Crippen LogP contribution in [0.3, 0.4) is 0 Å². The van der Waals surface area contributed by atoms with Crippen molar-refractivity contribution in [1.82, 2.24) is 15.1 Å². The van der Waals surface area contributed by atoms with Gasteiger partial charge in [0.15, 0.2) is 12.5 Å². The monoisotopic (exact) mass is 469 g/mol. The minimum Gasteiger partial charge on any atom is -0.756 e. The molecule has 0 spiro atoms. The molecule has 0 aromatic carbocycles. The van der Waals surface area contributed by atoms with Crippen molar-refractivity contribution >= 4 is 13.6 Å². The van der Waals surface area contributed by atoms with E-state index in [0.29, 0.717) is 35.9 Å². The molecule has 0 fully saturated rings. The van der Waals surface area contributed by atoms with Gasteiger partial charge >= 0.3 is 0 Å². The van der Waals surface area contributed by atoms with Crippen LogP contribution in [0, 0.1) is 0 Å². The summed E-state index contributed by atoms with van der Waals surface area (Å²) in [5.74, 6) is 1.08. The maximum Gasteiger partial charge on any atom is 0.285 e. The van der Waals surface area contributed by atoms with Crippen molar-refractivity contribution in [2.75, 3.05) is 5.73 Å². The number of nitrogens with two attached hydrogens (primary N) is 1. The highest BCUT2D eigenvalue weighted by Gasteiger charge is 2.18. The number of hydrogen-bond acceptors (Lipinski definition) is 9. The predicted molar refractivity (Wildman–Crippen MR) is 113 cm³/mol. The van der Waals surface area contributed by atoms with Crippen LogP contribution in [0.1, 0.15) is 16.8 Å². The molecule has 0 saturated heterocycles. The van der Waals surface area contributed by atoms with E-state index in [1.165, 1.54) is 10.8 Å². The van der Waals surface area contributed by atoms with Gasteiger partial charge < -0.3 is 19.0 Å². The van der Waals surface area contributed by atoms with Gasteiger partial charge in [0.2, 0.25) is 5.88 Å². The minimum absolute atomic E-state index is 0.186. The Hall–Kier alpha value is -3.63. The molecule has 0 aliphatic heterocycles. The van der Waals surface area contributed by atoms with E-state index in [-0.39, 0.29) is 5.82 Å². The first-order valence-electron chi connectivity index (χ1n) is 9.76. The molecule has 33 heavy (non-hydrogen) atoms. The molecule has 1 atom stereocenters. The van der Waals surface area contributed by atoms with Crippen LogP contribution in [0.15, 0.2) is 71.8 Å². The van der Waals surface area contributed by atoms with E-state index in [0.717, 1.165) is 11.1 Å². The second kappa shape index (κ2) is 9.88. The highest BCUT2D eigenvalue weighted by atomic mass is 31.2. The summed E-state index contributed by atoms with van der Waals surface area (Å²) in [6, 6.07) is 12.5. The van der Waals surface area contributed by atoms with Crippen LogP contribution in [-0.2, 0) is 28.8 Å². The van der Waals surface area contributed by atoms with Gasteiger partial charge in [0.05, 0.1) is 11.9 Å². The predicted octanol–water partition coefficient (Wildman–Crippen LogP) is 1.61. The SMILES string of the molecule is Nc1c(-c2cc(Cc3ccc(OCc4cccnc4)nc3)no2)ccc[n+]1COP(=O)([O-])O. The molecule has 170 valence electrons. The number of aromatic nitrogens is 4. The molecule has 4 aromatic rings. The maximum atomic E-state index is 10.8. The smallest absolute Gasteiger partial charge is 0.285 e. The van der Waals surface area contributed by atoms with Crippen molar-refractivity contribution in [3.05, 3.63) is 84.1 Å². The van der Waals surface area contributed by atoms with E-state index < -0.39 is 14.6 Å². The number of nitrogen functional groups attached to an aromatic ring is 1. The van der Waals surface area contributed by atoms with Crippen LogP contribution in [0.4, 0.5) is 5.82 Å². The second-order valence-corrected chi connectivity index (χ2v) is 8.21. The van der Waals surface area contributed by atoms with Gasteiger partial charge in [-0.1, -0.05) is 17.3 Å². The molecule has 0 radical (unpaired) electrons. The quantitative estimate of drug-likeness (QED) is 0.272. The first-order chi connectivity index (χ1) is 15.9. The Morgan fingerprint density at radius 1 is 1.18 bits per heavy atom. The Kier molecular flexibility index (Phi) is 6.76. The van der Waals surface area contributed by atoms with Crippen LogP contribution < -0.4 is 19.9 Å². The molecule has 4 rings (SSSR count). The lowest BCUT2D eigenvalue weighted by molar-refractivity contribution is -0.712. The zero-order valence-electron chi connectivity index (χ0n) is 17.3. The van der Waals surface area contributed by atoms with E-state index in [1.807, 2.05) is 18.2 Å². The molecule has 12 heteroatoms. The van der Waals surface area contributed by atoms with Crippen molar-refractivity contribution in [3.8, 4) is 17.2 Å². The Balaban J connectivity index is 1.40. The van der Waals surface area contributed by atoms with Crippen molar-refractivity contribution < 1.29 is 32.7 Å². The molecule has 1 unspecified atom stereocenters. The molecule has 4 heterocycles. The Morgan fingerprint density at radius 2 is 2.06 bits per heavy atom. The average molecular weight is 469 g/mol. The summed E-state index contributed by atoms with van der Waals surface area (Å²) < 4.78 is 27.6. The van der Waals surface area contributed by atoms with Crippen molar-refractivity contribution in [1.29, 1.82) is 0 Å². The van der Waals surface area contributed by atoms with Gasteiger partial charge in [-0.15, -0.1) is 0 Å². The van der Waals surface area contributed by atoms with E-state index in [2.05, 4.69) is 19.6 Å². The summed E-state index contributed by atoms with van der Waals surface area (Å²) in [7, 11) is -4.88. The largest absolute Gasteiger partial charge is 0.756 e. The third-order valence-electron chi connectivity index (χ3n) is 4.59. The Bertz CT molecular complexity index is 1260. The first-order valence-corrected chi connectivity index (χ1v) is 11.3. The Labute approximate surface area is 188 Å². The normalized spacial score (nSPS) is 12.9. The topological polar surface area (TPSA) is 161 Å². The lowest BCUT2D eigenvalue weighted by Crippen LogP contribution is -2.38. The number of phosphoric acid groups is 1. The van der Waals surface area contributed by atoms with Crippen LogP contribution in [0.25, 0.3) is 11.3 Å². The Morgan fingerprint density at radius 3 is 2.79 bits per heavy atom. The number of rotatable bonds is 9. The fourth-order valence-electron chi connectivity index (χ4n) is 2.99. The summed E-state index contributed by atoms with van der Waals surface area (Å²) >= 11 is 0. The van der Waals surface area contributed by atoms with Gasteiger partial charge in [0.1, 0.15) is 12.2 Å². The lowest BCUT2D eigenvalue weighted by atomic mass is 10.1. The highest BCUT2D eigenvalue weighted by Crippen LogP contribution is 2.30. The van der Waals surface area contributed by atoms with Gasteiger partial charge in [-0.2, -0.15) is 0 Å². The fraction of sp³-hybridized carbons (Fsp3) is 0.143. The fourth-order valence-corrected chi connectivity index (χ4v) is 3.26. The highest BCUT2D eigenvalue weighted by molar-refractivity contribution is 7.44. The van der Waals surface area contributed by atoms with E-state index in [4.69, 9.17) is 19.9 Å². The van der Waals surface area contributed by atoms with Crippen LogP contribution in [-0.4, -0.2) is 20.0 Å². The zero-order chi connectivity index (χ0) is 23.3. The number of phosphoric ester groups is 1. The summed E-state index contributed by atoms with van der Waals surface area (Å²) in [4.78, 5) is 28.0. The number of nitrogens with zero attached hydrogens (tertiary/aromatic N) is 4. The van der Waals surface area contributed by atoms with Gasteiger partial charge in [0.25, 0.3) is 13.6 Å². The van der Waals surface area contributed by atoms with Crippen LogP contribution >= 0.6 is 7.82 Å². The molecule has 4 aromatic heterocycles. The molecule has 11 nitrogen and oxygen atoms in total. The summed E-state index contributed by atoms with van der Waals surface area (Å²) in [5, 5.41) is 4.07. The molecule has 0 aliphatic rings. The molecule has 0 amide bonds. The molecule has 0 saturated carbocycles. The maximum absolute atomic E-state index is 10.8. The number of ether oxygens (including phenoxy) is 1. The van der Waals surface area contributed by atoms with E-state index >= 15 is 0 Å². The van der Waals surface area contributed by atoms with Crippen LogP contribution in [0.5, 0.6) is 5.88 Å². The van der Waals surface area contributed by atoms with Crippen molar-refractivity contribution in [2.24, 2.45) is 0 Å². The second-order valence-electron chi connectivity index (χ2n) is 7.02. The standard InChI is InChI=1S/C21H20N5O6P/c22-21-18(4-2-8-26(21)14-31-33(27,28)29)19-10-17(25-32-19)9-15-5-6-20(24-12-15)30-13-16-3-1-7-23-11-16/h1-8,10-12,22H,9,13-14H2,(H2,27,28,29). The van der Waals surface area contributed by atoms with Crippen molar-refractivity contribution in [2.45, 2.75) is 19.8 Å². The van der Waals surface area contributed by atoms with Crippen LogP contribution in [0.2, 0.25) is 0 Å².